The molecule has 7 nitrogen and oxygen atoms in total. The van der Waals surface area contributed by atoms with E-state index in [1.165, 1.54) is 38.0 Å². The van der Waals surface area contributed by atoms with Gasteiger partial charge < -0.3 is 5.11 Å². The third-order valence-electron chi connectivity index (χ3n) is 5.48. The lowest BCUT2D eigenvalue weighted by atomic mass is 9.49. The lowest BCUT2D eigenvalue weighted by Crippen LogP contribution is -2.73. The number of aromatic nitrogens is 2. The Hall–Kier alpha value is -1.57. The average Bonchev–Trinajstić information content (AvgIpc) is 2.49. The van der Waals surface area contributed by atoms with Crippen molar-refractivity contribution in [3.05, 3.63) is 24.3 Å². The summed E-state index contributed by atoms with van der Waals surface area (Å²) in [5.41, 5.74) is 5.55. The molecule has 1 aromatic heterocycles. The Morgan fingerprint density at radius 1 is 1.22 bits per heavy atom. The van der Waals surface area contributed by atoms with Crippen LogP contribution in [0, 0.1) is 5.92 Å². The minimum absolute atomic E-state index is 0.0576. The van der Waals surface area contributed by atoms with Crippen LogP contribution < -0.4 is 16.2 Å². The second-order valence-electron chi connectivity index (χ2n) is 7.43. The third-order valence-corrected chi connectivity index (χ3v) is 5.48. The van der Waals surface area contributed by atoms with Crippen molar-refractivity contribution in [3.63, 3.8) is 0 Å². The van der Waals surface area contributed by atoms with Crippen LogP contribution in [-0.2, 0) is 0 Å². The fraction of sp³-hybridized carbons (Fsp3) is 0.688. The highest BCUT2D eigenvalue weighted by Crippen LogP contribution is 2.58. The molecule has 124 valence electrons. The van der Waals surface area contributed by atoms with E-state index in [2.05, 4.69) is 26.1 Å². The second-order valence-corrected chi connectivity index (χ2v) is 7.43. The number of carbonyl (C=O) groups excluding carboxylic acids is 1. The summed E-state index contributed by atoms with van der Waals surface area (Å²) in [5.74, 6) is 0.628. The molecular formula is C16H23N5O2. The normalized spacial score (nSPS) is 38.3. The van der Waals surface area contributed by atoms with Gasteiger partial charge in [-0.15, -0.1) is 0 Å². The number of nitrogens with zero attached hydrogens (tertiary/aromatic N) is 2. The highest BCUT2D eigenvalue weighted by atomic mass is 16.3. The lowest BCUT2D eigenvalue weighted by Gasteiger charge is -2.64. The maximum absolute atomic E-state index is 12.0. The van der Waals surface area contributed by atoms with Crippen LogP contribution in [0.15, 0.2) is 18.7 Å². The molecule has 1 heterocycles. The van der Waals surface area contributed by atoms with Crippen LogP contribution in [0.1, 0.15) is 55.3 Å². The quantitative estimate of drug-likeness (QED) is 0.466. The van der Waals surface area contributed by atoms with Gasteiger partial charge in [-0.05, 0) is 44.4 Å². The molecule has 0 aliphatic heterocycles. The largest absolute Gasteiger partial charge is 0.376 e. The number of amides is 1. The number of carbonyl (C=O) groups is 1. The van der Waals surface area contributed by atoms with Crippen LogP contribution in [0.2, 0.25) is 0 Å². The Kier molecular flexibility index (Phi) is 3.59. The summed E-state index contributed by atoms with van der Waals surface area (Å²) in [6.07, 6.45) is 11.2. The Morgan fingerprint density at radius 3 is 2.61 bits per heavy atom. The maximum atomic E-state index is 12.0. The molecule has 0 saturated heterocycles. The van der Waals surface area contributed by atoms with Crippen molar-refractivity contribution < 1.29 is 9.90 Å². The first kappa shape index (κ1) is 15.0. The summed E-state index contributed by atoms with van der Waals surface area (Å²) >= 11 is 0. The summed E-state index contributed by atoms with van der Waals surface area (Å²) in [5, 5.41) is 14.4. The van der Waals surface area contributed by atoms with Gasteiger partial charge in [-0.3, -0.25) is 15.5 Å². The zero-order chi connectivity index (χ0) is 15.9. The van der Waals surface area contributed by atoms with E-state index in [9.17, 15) is 9.90 Å². The van der Waals surface area contributed by atoms with Crippen molar-refractivity contribution in [2.45, 2.75) is 62.3 Å². The molecule has 4 N–H and O–H groups in total. The van der Waals surface area contributed by atoms with Gasteiger partial charge in [-0.2, -0.15) is 0 Å². The predicted molar refractivity (Wildman–Crippen MR) is 83.0 cm³/mol. The fourth-order valence-electron chi connectivity index (χ4n) is 4.27. The van der Waals surface area contributed by atoms with Crippen LogP contribution in [0.4, 0.5) is 0 Å². The second kappa shape index (κ2) is 5.51. The van der Waals surface area contributed by atoms with E-state index in [0.717, 1.165) is 25.2 Å². The van der Waals surface area contributed by atoms with Gasteiger partial charge in [0.05, 0.1) is 5.56 Å². The van der Waals surface area contributed by atoms with E-state index < -0.39 is 5.72 Å². The van der Waals surface area contributed by atoms with E-state index in [4.69, 9.17) is 0 Å². The van der Waals surface area contributed by atoms with E-state index >= 15 is 0 Å². The molecule has 4 aliphatic carbocycles. The van der Waals surface area contributed by atoms with Crippen molar-refractivity contribution in [2.24, 2.45) is 5.92 Å². The minimum atomic E-state index is -0.818. The van der Waals surface area contributed by atoms with Crippen molar-refractivity contribution in [1.29, 1.82) is 0 Å². The minimum Gasteiger partial charge on any atom is -0.376 e. The molecule has 7 heteroatoms. The van der Waals surface area contributed by atoms with Crippen LogP contribution in [0.25, 0.3) is 0 Å². The van der Waals surface area contributed by atoms with Gasteiger partial charge in [0.2, 0.25) is 0 Å². The highest BCUT2D eigenvalue weighted by molar-refractivity contribution is 5.93. The molecule has 0 radical (unpaired) electrons. The van der Waals surface area contributed by atoms with Gasteiger partial charge in [0, 0.05) is 30.4 Å². The zero-order valence-corrected chi connectivity index (χ0v) is 13.1. The molecule has 4 fully saturated rings. The average molecular weight is 317 g/mol. The lowest BCUT2D eigenvalue weighted by molar-refractivity contribution is -0.142. The Bertz CT molecular complexity index is 578. The molecule has 1 aromatic rings. The monoisotopic (exact) mass is 317 g/mol. The number of aliphatic hydroxyl groups is 1. The molecule has 23 heavy (non-hydrogen) atoms. The van der Waals surface area contributed by atoms with E-state index in [1.807, 2.05) is 0 Å². The number of nitrogens with one attached hydrogen (secondary N) is 3. The van der Waals surface area contributed by atoms with E-state index in [1.54, 1.807) is 0 Å². The fourth-order valence-corrected chi connectivity index (χ4v) is 4.27. The SMILES string of the molecule is O=C(NN[C@@H]1CCC[C@@](O)(NC23CC(C2)C3)C1)c1cncnc1. The van der Waals surface area contributed by atoms with Crippen molar-refractivity contribution in [1.82, 2.24) is 26.1 Å². The first-order chi connectivity index (χ1) is 11.1. The third kappa shape index (κ3) is 2.96. The Morgan fingerprint density at radius 2 is 1.96 bits per heavy atom. The summed E-state index contributed by atoms with van der Waals surface area (Å²) in [4.78, 5) is 19.7. The maximum Gasteiger partial charge on any atom is 0.268 e. The summed E-state index contributed by atoms with van der Waals surface area (Å²) < 4.78 is 0. The topological polar surface area (TPSA) is 99.2 Å². The van der Waals surface area contributed by atoms with Gasteiger partial charge in [-0.1, -0.05) is 0 Å². The van der Waals surface area contributed by atoms with Gasteiger partial charge in [-0.25, -0.2) is 15.4 Å². The zero-order valence-electron chi connectivity index (χ0n) is 13.1. The molecule has 4 saturated carbocycles. The standard InChI is InChI=1S/C16H23N5O2/c22-14(12-8-17-10-18-9-12)20-19-13-2-1-3-16(23,7-13)21-15-4-11(5-15)6-15/h8-11,13,19,21,23H,1-7H2,(H,20,22)/t11?,13-,15?,16+/m1/s1. The van der Waals surface area contributed by atoms with Gasteiger partial charge in [0.25, 0.3) is 5.91 Å². The van der Waals surface area contributed by atoms with Gasteiger partial charge >= 0.3 is 0 Å². The molecule has 4 aliphatic rings. The van der Waals surface area contributed by atoms with E-state index in [0.29, 0.717) is 12.0 Å². The van der Waals surface area contributed by atoms with Gasteiger partial charge in [0.1, 0.15) is 12.1 Å². The summed E-state index contributed by atoms with van der Waals surface area (Å²) in [6.45, 7) is 0. The summed E-state index contributed by atoms with van der Waals surface area (Å²) in [7, 11) is 0. The van der Waals surface area contributed by atoms with Crippen LogP contribution in [-0.4, -0.2) is 38.3 Å². The van der Waals surface area contributed by atoms with Gasteiger partial charge in [0.15, 0.2) is 0 Å². The molecular weight excluding hydrogens is 294 g/mol. The smallest absolute Gasteiger partial charge is 0.268 e. The molecule has 2 atom stereocenters. The molecule has 0 spiro atoms. The number of rotatable bonds is 5. The van der Waals surface area contributed by atoms with Crippen molar-refractivity contribution >= 4 is 5.91 Å². The van der Waals surface area contributed by atoms with Crippen molar-refractivity contribution in [3.8, 4) is 0 Å². The summed E-state index contributed by atoms with van der Waals surface area (Å²) in [6, 6.07) is 0.0576. The number of hydrogen-bond acceptors (Lipinski definition) is 6. The molecule has 2 bridgehead atoms. The van der Waals surface area contributed by atoms with Crippen LogP contribution in [0.5, 0.6) is 0 Å². The van der Waals surface area contributed by atoms with Crippen molar-refractivity contribution in [2.75, 3.05) is 0 Å². The Labute approximate surface area is 135 Å². The molecule has 0 aromatic carbocycles. The highest BCUT2D eigenvalue weighted by Gasteiger charge is 2.59. The van der Waals surface area contributed by atoms with Crippen LogP contribution in [0.3, 0.4) is 0 Å². The predicted octanol–water partition coefficient (Wildman–Crippen LogP) is 0.484. The first-order valence-electron chi connectivity index (χ1n) is 8.39. The number of hydrazine groups is 1. The first-order valence-corrected chi connectivity index (χ1v) is 8.39. The Balaban J connectivity index is 1.30. The number of hydrogen-bond donors (Lipinski definition) is 4. The van der Waals surface area contributed by atoms with E-state index in [-0.39, 0.29) is 17.5 Å². The molecule has 0 unspecified atom stereocenters. The molecule has 5 rings (SSSR count). The molecule has 1 amide bonds. The van der Waals surface area contributed by atoms with Crippen LogP contribution >= 0.6 is 0 Å².